The van der Waals surface area contributed by atoms with E-state index in [1.54, 1.807) is 25.1 Å². The molecule has 1 fully saturated rings. The lowest BCUT2D eigenvalue weighted by atomic mass is 9.95. The van der Waals surface area contributed by atoms with Crippen LogP contribution in [0.1, 0.15) is 18.5 Å². The lowest BCUT2D eigenvalue weighted by Gasteiger charge is -2.35. The summed E-state index contributed by atoms with van der Waals surface area (Å²) in [5.41, 5.74) is 2.07. The maximum absolute atomic E-state index is 12.3. The van der Waals surface area contributed by atoms with Crippen LogP contribution in [0.3, 0.4) is 0 Å². The highest BCUT2D eigenvalue weighted by Gasteiger charge is 2.28. The van der Waals surface area contributed by atoms with E-state index in [0.717, 1.165) is 36.2 Å². The Kier molecular flexibility index (Phi) is 4.57. The number of hydrogen-bond donors (Lipinski definition) is 0. The van der Waals surface area contributed by atoms with Gasteiger partial charge in [0.2, 0.25) is 5.91 Å². The van der Waals surface area contributed by atoms with Crippen molar-refractivity contribution in [1.29, 1.82) is 0 Å². The Bertz CT molecular complexity index is 834. The number of para-hydroxylation sites is 1. The second kappa shape index (κ2) is 6.66. The zero-order chi connectivity index (χ0) is 18.1. The smallest absolute Gasteiger partial charge is 0.295 e. The van der Waals surface area contributed by atoms with E-state index in [2.05, 4.69) is 9.88 Å². The fourth-order valence-corrected chi connectivity index (χ4v) is 3.51. The highest BCUT2D eigenvalue weighted by molar-refractivity contribution is 5.97. The van der Waals surface area contributed by atoms with Gasteiger partial charge in [0.05, 0.1) is 10.8 Å². The minimum atomic E-state index is -0.396. The van der Waals surface area contributed by atoms with Gasteiger partial charge in [-0.1, -0.05) is 12.1 Å². The molecule has 1 aliphatic rings. The van der Waals surface area contributed by atoms with Crippen LogP contribution in [-0.4, -0.2) is 47.9 Å². The van der Waals surface area contributed by atoms with Crippen molar-refractivity contribution >= 4 is 28.2 Å². The molecule has 7 heteroatoms. The first-order valence-electron chi connectivity index (χ1n) is 8.39. The van der Waals surface area contributed by atoms with E-state index in [-0.39, 0.29) is 17.5 Å². The number of fused-ring (bicyclic) bond motifs is 1. The maximum Gasteiger partial charge on any atom is 0.295 e. The Hall–Kier alpha value is -2.70. The Balaban J connectivity index is 2.05. The number of nitro benzene ring substituents is 1. The number of benzene rings is 1. The van der Waals surface area contributed by atoms with Crippen LogP contribution < -0.4 is 4.90 Å². The number of anilines is 1. The Morgan fingerprint density at radius 1 is 1.40 bits per heavy atom. The fraction of sp³-hybridized carbons (Fsp3) is 0.444. The Morgan fingerprint density at radius 3 is 2.84 bits per heavy atom. The van der Waals surface area contributed by atoms with E-state index in [1.807, 2.05) is 19.1 Å². The second-order valence-electron chi connectivity index (χ2n) is 6.73. The predicted octanol–water partition coefficient (Wildman–Crippen LogP) is 2.76. The average molecular weight is 342 g/mol. The van der Waals surface area contributed by atoms with Crippen LogP contribution in [0.15, 0.2) is 24.3 Å². The number of nitrogens with zero attached hydrogens (tertiary/aromatic N) is 4. The van der Waals surface area contributed by atoms with E-state index >= 15 is 0 Å². The minimum Gasteiger partial charge on any atom is -0.370 e. The molecule has 1 aliphatic heterocycles. The van der Waals surface area contributed by atoms with Crippen molar-refractivity contribution in [3.63, 3.8) is 0 Å². The zero-order valence-electron chi connectivity index (χ0n) is 14.7. The molecular formula is C18H22N4O3. The fourth-order valence-electron chi connectivity index (χ4n) is 3.51. The lowest BCUT2D eigenvalue weighted by Crippen LogP contribution is -2.42. The van der Waals surface area contributed by atoms with Crippen molar-refractivity contribution in [2.24, 2.45) is 5.92 Å². The van der Waals surface area contributed by atoms with Gasteiger partial charge in [-0.2, -0.15) is 0 Å². The number of carbonyl (C=O) groups is 1. The number of pyridine rings is 1. The summed E-state index contributed by atoms with van der Waals surface area (Å²) in [6, 6.07) is 6.98. The molecular weight excluding hydrogens is 320 g/mol. The van der Waals surface area contributed by atoms with Gasteiger partial charge >= 0.3 is 0 Å². The first-order chi connectivity index (χ1) is 11.9. The molecule has 0 radical (unpaired) electrons. The van der Waals surface area contributed by atoms with Gasteiger partial charge in [-0.25, -0.2) is 4.98 Å². The van der Waals surface area contributed by atoms with Gasteiger partial charge < -0.3 is 9.80 Å². The second-order valence-corrected chi connectivity index (χ2v) is 6.73. The summed E-state index contributed by atoms with van der Waals surface area (Å²) in [7, 11) is 3.55. The van der Waals surface area contributed by atoms with Crippen molar-refractivity contribution in [2.45, 2.75) is 19.8 Å². The molecule has 7 nitrogen and oxygen atoms in total. The largest absolute Gasteiger partial charge is 0.370 e. The minimum absolute atomic E-state index is 0.0142. The van der Waals surface area contributed by atoms with E-state index in [1.165, 1.54) is 6.07 Å². The number of non-ortho nitro benzene ring substituents is 1. The number of amides is 1. The molecule has 25 heavy (non-hydrogen) atoms. The number of rotatable bonds is 3. The summed E-state index contributed by atoms with van der Waals surface area (Å²) in [4.78, 5) is 31.5. The number of carbonyl (C=O) groups excluding carboxylic acids is 1. The summed E-state index contributed by atoms with van der Waals surface area (Å²) in [5, 5.41) is 12.1. The summed E-state index contributed by atoms with van der Waals surface area (Å²) in [6.07, 6.45) is 1.79. The van der Waals surface area contributed by atoms with Crippen molar-refractivity contribution < 1.29 is 9.72 Å². The van der Waals surface area contributed by atoms with Gasteiger partial charge in [0.25, 0.3) is 5.69 Å². The third-order valence-corrected chi connectivity index (χ3v) is 4.67. The number of aromatic nitrogens is 1. The van der Waals surface area contributed by atoms with Gasteiger partial charge in [-0.05, 0) is 25.8 Å². The van der Waals surface area contributed by atoms with Crippen LogP contribution in [-0.2, 0) is 4.79 Å². The molecule has 1 amide bonds. The molecule has 2 heterocycles. The molecule has 1 aromatic carbocycles. The number of piperidine rings is 1. The van der Waals surface area contributed by atoms with E-state index in [9.17, 15) is 14.9 Å². The highest BCUT2D eigenvalue weighted by Crippen LogP contribution is 2.34. The zero-order valence-corrected chi connectivity index (χ0v) is 14.7. The summed E-state index contributed by atoms with van der Waals surface area (Å²) < 4.78 is 0. The van der Waals surface area contributed by atoms with E-state index in [4.69, 9.17) is 0 Å². The van der Waals surface area contributed by atoms with Crippen LogP contribution in [0.5, 0.6) is 0 Å². The number of nitro groups is 1. The Labute approximate surface area is 146 Å². The molecule has 1 unspecified atom stereocenters. The molecule has 1 aromatic heterocycles. The third kappa shape index (κ3) is 3.26. The molecule has 0 bridgehead atoms. The van der Waals surface area contributed by atoms with Crippen LogP contribution in [0, 0.1) is 23.0 Å². The average Bonchev–Trinajstić information content (AvgIpc) is 2.59. The van der Waals surface area contributed by atoms with E-state index < -0.39 is 4.92 Å². The van der Waals surface area contributed by atoms with Crippen molar-refractivity contribution in [2.75, 3.05) is 32.1 Å². The van der Waals surface area contributed by atoms with Crippen LogP contribution in [0.25, 0.3) is 10.9 Å². The van der Waals surface area contributed by atoms with E-state index in [0.29, 0.717) is 12.1 Å². The lowest BCUT2D eigenvalue weighted by molar-refractivity contribution is -0.383. The molecule has 0 spiro atoms. The third-order valence-electron chi connectivity index (χ3n) is 4.67. The van der Waals surface area contributed by atoms with Crippen LogP contribution >= 0.6 is 0 Å². The van der Waals surface area contributed by atoms with Gasteiger partial charge in [-0.3, -0.25) is 14.9 Å². The van der Waals surface area contributed by atoms with Gasteiger partial charge in [0, 0.05) is 50.0 Å². The van der Waals surface area contributed by atoms with Gasteiger partial charge in [-0.15, -0.1) is 0 Å². The topological polar surface area (TPSA) is 79.6 Å². The van der Waals surface area contributed by atoms with Crippen LogP contribution in [0.2, 0.25) is 0 Å². The SMILES string of the molecule is Cc1cc(N2CCCC(C(=O)N(C)C)C2)c2cccc([N+](=O)[O-])c2n1. The molecule has 0 N–H and O–H groups in total. The molecule has 2 aromatic rings. The quantitative estimate of drug-likeness (QED) is 0.633. The summed E-state index contributed by atoms with van der Waals surface area (Å²) >= 11 is 0. The monoisotopic (exact) mass is 342 g/mol. The number of aryl methyl sites for hydroxylation is 1. The molecule has 0 aliphatic carbocycles. The molecule has 1 saturated heterocycles. The highest BCUT2D eigenvalue weighted by atomic mass is 16.6. The molecule has 3 rings (SSSR count). The van der Waals surface area contributed by atoms with Crippen molar-refractivity contribution in [1.82, 2.24) is 9.88 Å². The molecule has 0 saturated carbocycles. The Morgan fingerprint density at radius 2 is 2.16 bits per heavy atom. The molecule has 132 valence electrons. The first kappa shape index (κ1) is 17.1. The molecule has 1 atom stereocenters. The predicted molar refractivity (Wildman–Crippen MR) is 96.8 cm³/mol. The van der Waals surface area contributed by atoms with Crippen molar-refractivity contribution in [3.05, 3.63) is 40.1 Å². The maximum atomic E-state index is 12.3. The number of hydrogen-bond acceptors (Lipinski definition) is 5. The first-order valence-corrected chi connectivity index (χ1v) is 8.39. The van der Waals surface area contributed by atoms with Crippen LogP contribution in [0.4, 0.5) is 11.4 Å². The standard InChI is InChI=1S/C18H22N4O3/c1-12-10-16(14-7-4-8-15(22(24)25)17(14)19-12)21-9-5-6-13(11-21)18(23)20(2)3/h4,7-8,10,13H,5-6,9,11H2,1-3H3. The summed E-state index contributed by atoms with van der Waals surface area (Å²) in [6.45, 7) is 3.29. The van der Waals surface area contributed by atoms with Gasteiger partial charge in [0.1, 0.15) is 0 Å². The van der Waals surface area contributed by atoms with Crippen molar-refractivity contribution in [3.8, 4) is 0 Å². The summed E-state index contributed by atoms with van der Waals surface area (Å²) in [5.74, 6) is 0.0803. The normalized spacial score (nSPS) is 17.6. The van der Waals surface area contributed by atoms with Gasteiger partial charge in [0.15, 0.2) is 5.52 Å².